The zero-order valence-corrected chi connectivity index (χ0v) is 28.4. The van der Waals surface area contributed by atoms with E-state index in [9.17, 15) is 0 Å². The Hall–Kier alpha value is -6.45. The Morgan fingerprint density at radius 3 is 1.57 bits per heavy atom. The highest BCUT2D eigenvalue weighted by Gasteiger charge is 2.35. The van der Waals surface area contributed by atoms with Crippen LogP contribution in [0.15, 0.2) is 164 Å². The number of hydrogen-bond donors (Lipinski definition) is 0. The van der Waals surface area contributed by atoms with Gasteiger partial charge in [-0.15, -0.1) is 0 Å². The summed E-state index contributed by atoms with van der Waals surface area (Å²) in [7, 11) is 0. The molecule has 0 saturated carbocycles. The SMILES string of the molecule is CC1(C)c2ccccc2-c2ccc(-c3nc(-c4ccc5ccccc5c4)nc(-c4cccc5ccc(-c6ccc7ccccc7c6)cc45)n3)cc21. The Bertz CT molecular complexity index is 2850. The predicted molar refractivity (Wildman–Crippen MR) is 212 cm³/mol. The topological polar surface area (TPSA) is 38.7 Å². The second-order valence-electron chi connectivity index (χ2n) is 14.1. The lowest BCUT2D eigenvalue weighted by Crippen LogP contribution is -2.15. The molecular formula is C48H33N3. The lowest BCUT2D eigenvalue weighted by Gasteiger charge is -2.21. The summed E-state index contributed by atoms with van der Waals surface area (Å²) in [4.78, 5) is 15.6. The molecule has 0 fully saturated rings. The van der Waals surface area contributed by atoms with Crippen molar-refractivity contribution in [1.82, 2.24) is 15.0 Å². The molecule has 8 aromatic carbocycles. The Kier molecular flexibility index (Phi) is 6.53. The Morgan fingerprint density at radius 1 is 0.333 bits per heavy atom. The molecule has 1 heterocycles. The van der Waals surface area contributed by atoms with E-state index in [2.05, 4.69) is 178 Å². The molecule has 0 saturated heterocycles. The lowest BCUT2D eigenvalue weighted by atomic mass is 9.82. The minimum Gasteiger partial charge on any atom is -0.208 e. The molecule has 0 aliphatic heterocycles. The van der Waals surface area contributed by atoms with Crippen molar-refractivity contribution in [3.63, 3.8) is 0 Å². The molecule has 240 valence electrons. The fourth-order valence-electron chi connectivity index (χ4n) is 7.94. The number of nitrogens with zero attached hydrogens (tertiary/aromatic N) is 3. The average Bonchev–Trinajstić information content (AvgIpc) is 3.42. The predicted octanol–water partition coefficient (Wildman–Crippen LogP) is 12.3. The van der Waals surface area contributed by atoms with Gasteiger partial charge in [-0.1, -0.05) is 153 Å². The average molecular weight is 652 g/mol. The van der Waals surface area contributed by atoms with E-state index in [1.165, 1.54) is 44.0 Å². The smallest absolute Gasteiger partial charge is 0.164 e. The number of rotatable bonds is 4. The maximum absolute atomic E-state index is 5.26. The number of hydrogen-bond acceptors (Lipinski definition) is 3. The number of fused-ring (bicyclic) bond motifs is 6. The van der Waals surface area contributed by atoms with E-state index in [1.54, 1.807) is 0 Å². The second-order valence-corrected chi connectivity index (χ2v) is 14.1. The lowest BCUT2D eigenvalue weighted by molar-refractivity contribution is 0.660. The van der Waals surface area contributed by atoms with Crippen LogP contribution in [0.2, 0.25) is 0 Å². The third kappa shape index (κ3) is 4.85. The molecule has 9 aromatic rings. The fourth-order valence-corrected chi connectivity index (χ4v) is 7.94. The van der Waals surface area contributed by atoms with Crippen molar-refractivity contribution >= 4 is 32.3 Å². The molecule has 0 unspecified atom stereocenters. The van der Waals surface area contributed by atoms with Gasteiger partial charge in [-0.3, -0.25) is 0 Å². The summed E-state index contributed by atoms with van der Waals surface area (Å²) < 4.78 is 0. The molecule has 51 heavy (non-hydrogen) atoms. The van der Waals surface area contributed by atoms with Gasteiger partial charge in [-0.25, -0.2) is 15.0 Å². The van der Waals surface area contributed by atoms with Crippen molar-refractivity contribution in [3.8, 4) is 56.4 Å². The Balaban J connectivity index is 1.17. The van der Waals surface area contributed by atoms with Gasteiger partial charge in [0.2, 0.25) is 0 Å². The zero-order valence-electron chi connectivity index (χ0n) is 28.4. The largest absolute Gasteiger partial charge is 0.208 e. The summed E-state index contributed by atoms with van der Waals surface area (Å²) >= 11 is 0. The molecule has 1 aliphatic carbocycles. The van der Waals surface area contributed by atoms with Gasteiger partial charge in [-0.2, -0.15) is 0 Å². The van der Waals surface area contributed by atoms with E-state index < -0.39 is 0 Å². The summed E-state index contributed by atoms with van der Waals surface area (Å²) in [5, 5.41) is 7.05. The van der Waals surface area contributed by atoms with Crippen molar-refractivity contribution in [2.24, 2.45) is 0 Å². The van der Waals surface area contributed by atoms with Crippen molar-refractivity contribution in [3.05, 3.63) is 175 Å². The molecule has 0 bridgehead atoms. The minimum absolute atomic E-state index is 0.131. The van der Waals surface area contributed by atoms with Gasteiger partial charge in [0.1, 0.15) is 0 Å². The molecule has 3 heteroatoms. The van der Waals surface area contributed by atoms with E-state index >= 15 is 0 Å². The van der Waals surface area contributed by atoms with E-state index in [0.717, 1.165) is 38.4 Å². The van der Waals surface area contributed by atoms with Crippen LogP contribution in [0.25, 0.3) is 88.7 Å². The summed E-state index contributed by atoms with van der Waals surface area (Å²) in [5.41, 5.74) is 10.4. The van der Waals surface area contributed by atoms with Crippen molar-refractivity contribution in [1.29, 1.82) is 0 Å². The van der Waals surface area contributed by atoms with Crippen molar-refractivity contribution in [2.75, 3.05) is 0 Å². The first-order valence-electron chi connectivity index (χ1n) is 17.5. The van der Waals surface area contributed by atoms with Crippen LogP contribution in [0.3, 0.4) is 0 Å². The van der Waals surface area contributed by atoms with Crippen molar-refractivity contribution in [2.45, 2.75) is 19.3 Å². The van der Waals surface area contributed by atoms with Crippen LogP contribution in [0.1, 0.15) is 25.0 Å². The van der Waals surface area contributed by atoms with Gasteiger partial charge in [0.25, 0.3) is 0 Å². The first-order valence-corrected chi connectivity index (χ1v) is 17.5. The third-order valence-electron chi connectivity index (χ3n) is 10.7. The van der Waals surface area contributed by atoms with Gasteiger partial charge < -0.3 is 0 Å². The summed E-state index contributed by atoms with van der Waals surface area (Å²) in [5.74, 6) is 1.99. The van der Waals surface area contributed by atoms with E-state index in [4.69, 9.17) is 15.0 Å². The number of benzene rings is 8. The first kappa shape index (κ1) is 29.5. The van der Waals surface area contributed by atoms with E-state index in [1.807, 2.05) is 0 Å². The van der Waals surface area contributed by atoms with Crippen LogP contribution in [-0.4, -0.2) is 15.0 Å². The van der Waals surface area contributed by atoms with Crippen LogP contribution < -0.4 is 0 Å². The fraction of sp³-hybridized carbons (Fsp3) is 0.0625. The molecule has 0 radical (unpaired) electrons. The molecule has 0 atom stereocenters. The Morgan fingerprint density at radius 2 is 0.824 bits per heavy atom. The normalized spacial score (nSPS) is 13.1. The maximum Gasteiger partial charge on any atom is 0.164 e. The molecule has 0 amide bonds. The monoisotopic (exact) mass is 651 g/mol. The molecule has 0 spiro atoms. The van der Waals surface area contributed by atoms with Gasteiger partial charge in [0, 0.05) is 22.1 Å². The van der Waals surface area contributed by atoms with Crippen LogP contribution in [0.4, 0.5) is 0 Å². The van der Waals surface area contributed by atoms with E-state index in [0.29, 0.717) is 17.5 Å². The molecule has 10 rings (SSSR count). The third-order valence-corrected chi connectivity index (χ3v) is 10.7. The summed E-state index contributed by atoms with van der Waals surface area (Å²) in [6.07, 6.45) is 0. The highest BCUT2D eigenvalue weighted by Crippen LogP contribution is 2.49. The summed E-state index contributed by atoms with van der Waals surface area (Å²) in [6.45, 7) is 4.62. The second kappa shape index (κ2) is 11.3. The van der Waals surface area contributed by atoms with E-state index in [-0.39, 0.29) is 5.41 Å². The van der Waals surface area contributed by atoms with Crippen molar-refractivity contribution < 1.29 is 0 Å². The quantitative estimate of drug-likeness (QED) is 0.190. The van der Waals surface area contributed by atoms with Crippen LogP contribution in [-0.2, 0) is 5.41 Å². The molecule has 3 nitrogen and oxygen atoms in total. The maximum atomic E-state index is 5.26. The zero-order chi connectivity index (χ0) is 34.1. The highest BCUT2D eigenvalue weighted by atomic mass is 15.0. The Labute approximate surface area is 297 Å². The van der Waals surface area contributed by atoms with Crippen LogP contribution in [0, 0.1) is 0 Å². The molecule has 1 aliphatic rings. The van der Waals surface area contributed by atoms with Gasteiger partial charge in [0.15, 0.2) is 17.5 Å². The minimum atomic E-state index is -0.131. The molecular weight excluding hydrogens is 619 g/mol. The highest BCUT2D eigenvalue weighted by molar-refractivity contribution is 5.99. The standard InChI is InChI=1S/C48H33N3/c1-48(2)43-17-8-7-15-39(43)40-25-24-38(29-44(40)48)46-49-45(37-23-19-31-11-4-6-13-34(31)27-37)50-47(51-46)41-16-9-14-32-20-22-36(28-42(32)41)35-21-18-30-10-3-5-12-33(30)26-35/h3-29H,1-2H3. The molecule has 0 N–H and O–H groups in total. The van der Waals surface area contributed by atoms with Crippen LogP contribution >= 0.6 is 0 Å². The molecule has 1 aromatic heterocycles. The van der Waals surface area contributed by atoms with Gasteiger partial charge in [-0.05, 0) is 90.0 Å². The van der Waals surface area contributed by atoms with Gasteiger partial charge >= 0.3 is 0 Å². The number of aromatic nitrogens is 3. The van der Waals surface area contributed by atoms with Gasteiger partial charge in [0.05, 0.1) is 0 Å². The van der Waals surface area contributed by atoms with Crippen LogP contribution in [0.5, 0.6) is 0 Å². The summed E-state index contributed by atoms with van der Waals surface area (Å²) in [6, 6.07) is 58.6. The first-order chi connectivity index (χ1) is 25.0.